The molecule has 0 radical (unpaired) electrons. The molecule has 4 rings (SSSR count). The van der Waals surface area contributed by atoms with Gasteiger partial charge in [-0.05, 0) is 53.6 Å². The van der Waals surface area contributed by atoms with Crippen molar-refractivity contribution in [2.45, 2.75) is 13.2 Å². The van der Waals surface area contributed by atoms with Gasteiger partial charge in [0.25, 0.3) is 5.91 Å². The van der Waals surface area contributed by atoms with Crippen LogP contribution in [-0.2, 0) is 13.2 Å². The lowest BCUT2D eigenvalue weighted by Gasteiger charge is -2.35. The summed E-state index contributed by atoms with van der Waals surface area (Å²) in [6, 6.07) is 18.1. The normalized spacial score (nSPS) is 14.4. The molecule has 1 aliphatic rings. The highest BCUT2D eigenvalue weighted by Crippen LogP contribution is 2.28. The number of ether oxygens (including phenoxy) is 1. The zero-order valence-electron chi connectivity index (χ0n) is 17.7. The van der Waals surface area contributed by atoms with Gasteiger partial charge in [0.2, 0.25) is 0 Å². The number of hydrogen-bond donors (Lipinski definition) is 0. The lowest BCUT2D eigenvalue weighted by Crippen LogP contribution is -2.48. The topological polar surface area (TPSA) is 32.8 Å². The molecule has 0 N–H and O–H groups in total. The minimum absolute atomic E-state index is 0.0346. The molecule has 3 aromatic rings. The molecule has 1 fully saturated rings. The summed E-state index contributed by atoms with van der Waals surface area (Å²) in [7, 11) is 0. The van der Waals surface area contributed by atoms with Gasteiger partial charge >= 0.3 is 0 Å². The number of benzene rings is 3. The molecule has 1 aliphatic heterocycles. The Hall–Kier alpha value is -1.95. The van der Waals surface area contributed by atoms with Gasteiger partial charge in [-0.15, -0.1) is 0 Å². The second-order valence-electron chi connectivity index (χ2n) is 7.86. The standard InChI is InChI=1S/C25H22Cl4N2O2/c26-20-6-5-19(22(28)13-20)15-30-9-11-31(12-10-30)25(32)18-3-1-17(2-4-18)16-33-24-8-7-21(27)14-23(24)29/h1-8,13-14H,9-12,15-16H2. The van der Waals surface area contributed by atoms with E-state index in [9.17, 15) is 4.79 Å². The van der Waals surface area contributed by atoms with E-state index < -0.39 is 0 Å². The Morgan fingerprint density at radius 1 is 0.788 bits per heavy atom. The average molecular weight is 524 g/mol. The molecule has 0 bridgehead atoms. The number of piperazine rings is 1. The number of hydrogen-bond acceptors (Lipinski definition) is 3. The van der Waals surface area contributed by atoms with Crippen molar-refractivity contribution >= 4 is 52.3 Å². The van der Waals surface area contributed by atoms with Crippen molar-refractivity contribution in [3.8, 4) is 5.75 Å². The molecule has 0 aromatic heterocycles. The lowest BCUT2D eigenvalue weighted by atomic mass is 10.1. The van der Waals surface area contributed by atoms with Crippen LogP contribution in [0.4, 0.5) is 0 Å². The van der Waals surface area contributed by atoms with Crippen LogP contribution in [0.5, 0.6) is 5.75 Å². The Morgan fingerprint density at radius 3 is 2.06 bits per heavy atom. The molecule has 4 nitrogen and oxygen atoms in total. The van der Waals surface area contributed by atoms with E-state index in [1.54, 1.807) is 24.3 Å². The molecule has 0 unspecified atom stereocenters. The summed E-state index contributed by atoms with van der Waals surface area (Å²) >= 11 is 24.3. The van der Waals surface area contributed by atoms with Crippen LogP contribution in [0.1, 0.15) is 21.5 Å². The third-order valence-corrected chi connectivity index (χ3v) is 6.68. The summed E-state index contributed by atoms with van der Waals surface area (Å²) in [4.78, 5) is 17.1. The zero-order chi connectivity index (χ0) is 23.4. The number of carbonyl (C=O) groups excluding carboxylic acids is 1. The fourth-order valence-corrected chi connectivity index (χ4v) is 4.61. The Morgan fingerprint density at radius 2 is 1.42 bits per heavy atom. The van der Waals surface area contributed by atoms with E-state index in [0.717, 1.165) is 30.8 Å². The quantitative estimate of drug-likeness (QED) is 0.354. The maximum absolute atomic E-state index is 12.9. The fourth-order valence-electron chi connectivity index (χ4n) is 3.68. The molecule has 3 aromatic carbocycles. The molecule has 8 heteroatoms. The first-order chi connectivity index (χ1) is 15.9. The number of carbonyl (C=O) groups is 1. The summed E-state index contributed by atoms with van der Waals surface area (Å²) in [5.41, 5.74) is 2.65. The van der Waals surface area contributed by atoms with Crippen molar-refractivity contribution in [3.05, 3.63) is 97.4 Å². The largest absolute Gasteiger partial charge is 0.487 e. The van der Waals surface area contributed by atoms with Gasteiger partial charge < -0.3 is 9.64 Å². The van der Waals surface area contributed by atoms with Crippen LogP contribution in [0, 0.1) is 0 Å². The first-order valence-electron chi connectivity index (χ1n) is 10.5. The third-order valence-electron chi connectivity index (χ3n) is 5.56. The smallest absolute Gasteiger partial charge is 0.253 e. The number of amides is 1. The van der Waals surface area contributed by atoms with Gasteiger partial charge in [-0.2, -0.15) is 0 Å². The van der Waals surface area contributed by atoms with Gasteiger partial charge in [-0.3, -0.25) is 9.69 Å². The van der Waals surface area contributed by atoms with Crippen LogP contribution in [0.3, 0.4) is 0 Å². The van der Waals surface area contributed by atoms with Crippen LogP contribution in [-0.4, -0.2) is 41.9 Å². The second-order valence-corrected chi connectivity index (χ2v) is 9.55. The Kier molecular flexibility index (Phi) is 8.05. The van der Waals surface area contributed by atoms with E-state index in [-0.39, 0.29) is 5.91 Å². The Labute approximate surface area is 213 Å². The molecule has 0 spiro atoms. The van der Waals surface area contributed by atoms with E-state index >= 15 is 0 Å². The van der Waals surface area contributed by atoms with Crippen LogP contribution in [0.2, 0.25) is 20.1 Å². The SMILES string of the molecule is O=C(c1ccc(COc2ccc(Cl)cc2Cl)cc1)N1CCN(Cc2ccc(Cl)cc2Cl)CC1. The van der Waals surface area contributed by atoms with Gasteiger partial charge in [0.1, 0.15) is 12.4 Å². The van der Waals surface area contributed by atoms with Gasteiger partial charge in [-0.1, -0.05) is 64.6 Å². The first-order valence-corrected chi connectivity index (χ1v) is 12.0. The van der Waals surface area contributed by atoms with Crippen LogP contribution < -0.4 is 4.74 Å². The Bertz CT molecular complexity index is 1130. The minimum atomic E-state index is 0.0346. The van der Waals surface area contributed by atoms with Gasteiger partial charge in [0.05, 0.1) is 5.02 Å². The minimum Gasteiger partial charge on any atom is -0.487 e. The van der Waals surface area contributed by atoms with E-state index in [2.05, 4.69) is 4.90 Å². The van der Waals surface area contributed by atoms with Gasteiger partial charge in [-0.25, -0.2) is 0 Å². The van der Waals surface area contributed by atoms with Crippen LogP contribution >= 0.6 is 46.4 Å². The highest BCUT2D eigenvalue weighted by Gasteiger charge is 2.22. The van der Waals surface area contributed by atoms with Crippen LogP contribution in [0.25, 0.3) is 0 Å². The summed E-state index contributed by atoms with van der Waals surface area (Å²) in [5.74, 6) is 0.603. The van der Waals surface area contributed by atoms with Crippen molar-refractivity contribution in [1.29, 1.82) is 0 Å². The van der Waals surface area contributed by atoms with Crippen molar-refractivity contribution in [2.75, 3.05) is 26.2 Å². The molecule has 33 heavy (non-hydrogen) atoms. The number of halogens is 4. The third kappa shape index (κ3) is 6.34. The summed E-state index contributed by atoms with van der Waals surface area (Å²) in [6.45, 7) is 4.01. The summed E-state index contributed by atoms with van der Waals surface area (Å²) < 4.78 is 5.76. The molecule has 0 atom stereocenters. The van der Waals surface area contributed by atoms with E-state index in [1.807, 2.05) is 41.3 Å². The first kappa shape index (κ1) is 24.2. The maximum Gasteiger partial charge on any atom is 0.253 e. The monoisotopic (exact) mass is 522 g/mol. The van der Waals surface area contributed by atoms with E-state index in [4.69, 9.17) is 51.1 Å². The van der Waals surface area contributed by atoms with Crippen LogP contribution in [0.15, 0.2) is 60.7 Å². The highest BCUT2D eigenvalue weighted by molar-refractivity contribution is 6.35. The van der Waals surface area contributed by atoms with E-state index in [1.165, 1.54) is 0 Å². The molecular weight excluding hydrogens is 502 g/mol. The maximum atomic E-state index is 12.9. The molecule has 1 saturated heterocycles. The number of nitrogens with zero attached hydrogens (tertiary/aromatic N) is 2. The molecule has 172 valence electrons. The summed E-state index contributed by atoms with van der Waals surface area (Å²) in [5, 5.41) is 2.32. The average Bonchev–Trinajstić information content (AvgIpc) is 2.81. The van der Waals surface area contributed by atoms with Crippen molar-refractivity contribution in [1.82, 2.24) is 9.80 Å². The predicted molar refractivity (Wildman–Crippen MR) is 135 cm³/mol. The second kappa shape index (κ2) is 11.0. The van der Waals surface area contributed by atoms with Gasteiger partial charge in [0.15, 0.2) is 0 Å². The molecule has 1 amide bonds. The summed E-state index contributed by atoms with van der Waals surface area (Å²) in [6.07, 6.45) is 0. The van der Waals surface area contributed by atoms with Crippen molar-refractivity contribution in [3.63, 3.8) is 0 Å². The predicted octanol–water partition coefficient (Wildman–Crippen LogP) is 6.84. The van der Waals surface area contributed by atoms with Crippen molar-refractivity contribution in [2.24, 2.45) is 0 Å². The highest BCUT2D eigenvalue weighted by atomic mass is 35.5. The zero-order valence-corrected chi connectivity index (χ0v) is 20.8. The molecule has 1 heterocycles. The van der Waals surface area contributed by atoms with E-state index in [0.29, 0.717) is 51.1 Å². The molecule has 0 aliphatic carbocycles. The molecule has 0 saturated carbocycles. The van der Waals surface area contributed by atoms with Crippen molar-refractivity contribution < 1.29 is 9.53 Å². The molecular formula is C25H22Cl4N2O2. The number of rotatable bonds is 6. The fraction of sp³-hybridized carbons (Fsp3) is 0.240. The lowest BCUT2D eigenvalue weighted by molar-refractivity contribution is 0.0628. The van der Waals surface area contributed by atoms with Gasteiger partial charge in [0, 0.05) is 53.4 Å². The Balaban J connectivity index is 1.28.